The van der Waals surface area contributed by atoms with Crippen LogP contribution >= 0.6 is 0 Å². The molecule has 0 unspecified atom stereocenters. The fourth-order valence-corrected chi connectivity index (χ4v) is 5.05. The van der Waals surface area contributed by atoms with Gasteiger partial charge in [0.15, 0.2) is 0 Å². The van der Waals surface area contributed by atoms with E-state index in [1.807, 2.05) is 24.3 Å². The van der Waals surface area contributed by atoms with Crippen molar-refractivity contribution in [1.82, 2.24) is 14.3 Å². The quantitative estimate of drug-likeness (QED) is 0.607. The van der Waals surface area contributed by atoms with Crippen LogP contribution in [0.15, 0.2) is 56.9 Å². The molecule has 0 bridgehead atoms. The Morgan fingerprint density at radius 1 is 0.966 bits per heavy atom. The maximum atomic E-state index is 13.4. The number of aromatic amines is 2. The normalized spacial score (nSPS) is 14.8. The van der Waals surface area contributed by atoms with Crippen molar-refractivity contribution >= 4 is 21.1 Å². The number of H-pyrrole nitrogens is 2. The van der Waals surface area contributed by atoms with Gasteiger partial charge in [-0.2, -0.15) is 4.31 Å². The van der Waals surface area contributed by atoms with E-state index in [9.17, 15) is 18.0 Å². The van der Waals surface area contributed by atoms with Crippen LogP contribution in [-0.4, -0.2) is 28.7 Å². The summed E-state index contributed by atoms with van der Waals surface area (Å²) in [6.45, 7) is 4.53. The zero-order valence-corrected chi connectivity index (χ0v) is 17.1. The van der Waals surface area contributed by atoms with Crippen molar-refractivity contribution in [2.45, 2.75) is 50.1 Å². The number of aromatic nitrogens is 2. The minimum atomic E-state index is -3.76. The van der Waals surface area contributed by atoms with Crippen LogP contribution in [0.3, 0.4) is 0 Å². The molecule has 1 saturated carbocycles. The molecule has 0 atom stereocenters. The number of rotatable bonds is 6. The van der Waals surface area contributed by atoms with Gasteiger partial charge in [0.05, 0.1) is 15.9 Å². The van der Waals surface area contributed by atoms with E-state index in [1.54, 1.807) is 0 Å². The summed E-state index contributed by atoms with van der Waals surface area (Å²) < 4.78 is 28.2. The first-order valence-electron chi connectivity index (χ1n) is 9.63. The number of sulfonamides is 1. The number of hydrogen-bond donors (Lipinski definition) is 2. The Balaban J connectivity index is 1.69. The van der Waals surface area contributed by atoms with Crippen LogP contribution < -0.4 is 11.1 Å². The van der Waals surface area contributed by atoms with E-state index in [-0.39, 0.29) is 16.5 Å². The van der Waals surface area contributed by atoms with Gasteiger partial charge in [-0.15, -0.1) is 0 Å². The van der Waals surface area contributed by atoms with E-state index in [0.29, 0.717) is 18.0 Å². The van der Waals surface area contributed by atoms with Crippen LogP contribution in [0.5, 0.6) is 0 Å². The van der Waals surface area contributed by atoms with Gasteiger partial charge in [0.1, 0.15) is 0 Å². The molecule has 1 aliphatic rings. The number of hydrogen-bond acceptors (Lipinski definition) is 4. The standard InChI is InChI=1S/C21H23N3O4S/c1-13(2)15-5-3-14(4-6-15)12-24(16-7-8-16)29(27,28)17-9-10-18-19(11-17)23-21(26)20(25)22-18/h3-6,9-11,13,16H,7-8,12H2,1-2H3,(H,22,25)(H,23,26). The van der Waals surface area contributed by atoms with Gasteiger partial charge in [-0.3, -0.25) is 9.59 Å². The summed E-state index contributed by atoms with van der Waals surface area (Å²) in [6, 6.07) is 12.4. The van der Waals surface area contributed by atoms with Gasteiger partial charge >= 0.3 is 11.1 Å². The largest absolute Gasteiger partial charge is 0.316 e. The smallest absolute Gasteiger partial charge is 0.314 e. The summed E-state index contributed by atoms with van der Waals surface area (Å²) >= 11 is 0. The Hall–Kier alpha value is -2.71. The van der Waals surface area contributed by atoms with Crippen LogP contribution in [0.2, 0.25) is 0 Å². The molecule has 152 valence electrons. The monoisotopic (exact) mass is 413 g/mol. The van der Waals surface area contributed by atoms with E-state index < -0.39 is 21.1 Å². The Labute approximate surface area is 168 Å². The molecular weight excluding hydrogens is 390 g/mol. The molecule has 2 aromatic carbocycles. The summed E-state index contributed by atoms with van der Waals surface area (Å²) in [5, 5.41) is 0. The molecular formula is C21H23N3O4S. The molecule has 8 heteroatoms. The highest BCUT2D eigenvalue weighted by Crippen LogP contribution is 2.34. The lowest BCUT2D eigenvalue weighted by Gasteiger charge is -2.22. The summed E-state index contributed by atoms with van der Waals surface area (Å²) in [6.07, 6.45) is 1.67. The summed E-state index contributed by atoms with van der Waals surface area (Å²) in [7, 11) is -3.76. The third-order valence-electron chi connectivity index (χ3n) is 5.24. The van der Waals surface area contributed by atoms with Gasteiger partial charge in [0.25, 0.3) is 0 Å². The first-order chi connectivity index (χ1) is 13.8. The minimum Gasteiger partial charge on any atom is -0.316 e. The third kappa shape index (κ3) is 3.90. The van der Waals surface area contributed by atoms with Gasteiger partial charge in [0, 0.05) is 12.6 Å². The Morgan fingerprint density at radius 2 is 1.59 bits per heavy atom. The number of nitrogens with zero attached hydrogens (tertiary/aromatic N) is 1. The third-order valence-corrected chi connectivity index (χ3v) is 7.13. The molecule has 1 aliphatic carbocycles. The second-order valence-corrected chi connectivity index (χ2v) is 9.68. The van der Waals surface area contributed by atoms with Gasteiger partial charge in [0.2, 0.25) is 10.0 Å². The molecule has 1 fully saturated rings. The van der Waals surface area contributed by atoms with Gasteiger partial charge in [-0.05, 0) is 48.1 Å². The predicted octanol–water partition coefficient (Wildman–Crippen LogP) is 2.69. The first-order valence-corrected chi connectivity index (χ1v) is 11.1. The fraction of sp³-hybridized carbons (Fsp3) is 0.333. The molecule has 1 aromatic heterocycles. The van der Waals surface area contributed by atoms with Crippen LogP contribution in [-0.2, 0) is 16.6 Å². The lowest BCUT2D eigenvalue weighted by atomic mass is 10.0. The van der Waals surface area contributed by atoms with Crippen molar-refractivity contribution in [3.63, 3.8) is 0 Å². The van der Waals surface area contributed by atoms with Gasteiger partial charge < -0.3 is 9.97 Å². The molecule has 3 aromatic rings. The highest BCUT2D eigenvalue weighted by molar-refractivity contribution is 7.89. The van der Waals surface area contributed by atoms with E-state index in [1.165, 1.54) is 28.1 Å². The molecule has 0 amide bonds. The Bertz CT molecular complexity index is 1270. The number of benzene rings is 2. The SMILES string of the molecule is CC(C)c1ccc(CN(C2CC2)S(=O)(=O)c2ccc3[nH]c(=O)c(=O)[nH]c3c2)cc1. The van der Waals surface area contributed by atoms with Crippen molar-refractivity contribution in [3.8, 4) is 0 Å². The Morgan fingerprint density at radius 3 is 2.17 bits per heavy atom. The molecule has 0 aliphatic heterocycles. The second-order valence-electron chi connectivity index (χ2n) is 7.79. The van der Waals surface area contributed by atoms with Crippen LogP contribution in [0.25, 0.3) is 11.0 Å². The lowest BCUT2D eigenvalue weighted by molar-refractivity contribution is 0.398. The molecule has 29 heavy (non-hydrogen) atoms. The van der Waals surface area contributed by atoms with E-state index in [2.05, 4.69) is 23.8 Å². The van der Waals surface area contributed by atoms with Crippen molar-refractivity contribution in [1.29, 1.82) is 0 Å². The van der Waals surface area contributed by atoms with E-state index in [0.717, 1.165) is 18.4 Å². The van der Waals surface area contributed by atoms with Crippen molar-refractivity contribution in [2.75, 3.05) is 0 Å². The fourth-order valence-electron chi connectivity index (χ4n) is 3.35. The van der Waals surface area contributed by atoms with Crippen LogP contribution in [0.1, 0.15) is 43.7 Å². The van der Waals surface area contributed by atoms with Crippen molar-refractivity contribution < 1.29 is 8.42 Å². The average molecular weight is 413 g/mol. The molecule has 0 radical (unpaired) electrons. The first kappa shape index (κ1) is 19.6. The van der Waals surface area contributed by atoms with E-state index in [4.69, 9.17) is 0 Å². The topological polar surface area (TPSA) is 103 Å². The number of fused-ring (bicyclic) bond motifs is 1. The maximum Gasteiger partial charge on any atom is 0.314 e. The second kappa shape index (κ2) is 7.27. The van der Waals surface area contributed by atoms with Gasteiger partial charge in [-0.25, -0.2) is 8.42 Å². The molecule has 0 spiro atoms. The molecule has 4 rings (SSSR count). The minimum absolute atomic E-state index is 0.0184. The lowest BCUT2D eigenvalue weighted by Crippen LogP contribution is -2.33. The predicted molar refractivity (Wildman–Crippen MR) is 111 cm³/mol. The molecule has 1 heterocycles. The molecule has 2 N–H and O–H groups in total. The zero-order chi connectivity index (χ0) is 20.8. The molecule has 7 nitrogen and oxygen atoms in total. The maximum absolute atomic E-state index is 13.4. The average Bonchev–Trinajstić information content (AvgIpc) is 3.52. The zero-order valence-electron chi connectivity index (χ0n) is 16.3. The summed E-state index contributed by atoms with van der Waals surface area (Å²) in [5.41, 5.74) is 1.24. The van der Waals surface area contributed by atoms with Crippen molar-refractivity contribution in [3.05, 3.63) is 74.3 Å². The summed E-state index contributed by atoms with van der Waals surface area (Å²) in [5.74, 6) is 0.415. The van der Waals surface area contributed by atoms with Crippen LogP contribution in [0.4, 0.5) is 0 Å². The number of nitrogens with one attached hydrogen (secondary N) is 2. The highest BCUT2D eigenvalue weighted by Gasteiger charge is 2.38. The highest BCUT2D eigenvalue weighted by atomic mass is 32.2. The van der Waals surface area contributed by atoms with Crippen LogP contribution in [0, 0.1) is 0 Å². The molecule has 0 saturated heterocycles. The van der Waals surface area contributed by atoms with Gasteiger partial charge in [-0.1, -0.05) is 38.1 Å². The van der Waals surface area contributed by atoms with Crippen molar-refractivity contribution in [2.24, 2.45) is 0 Å². The van der Waals surface area contributed by atoms with E-state index >= 15 is 0 Å². The Kier molecular flexibility index (Phi) is 4.92. The summed E-state index contributed by atoms with van der Waals surface area (Å²) in [4.78, 5) is 28.0.